The number of amides is 2. The van der Waals surface area contributed by atoms with Gasteiger partial charge in [-0.1, -0.05) is 6.07 Å². The normalized spacial score (nSPS) is 22.3. The molecule has 1 atom stereocenters. The Morgan fingerprint density at radius 2 is 2.23 bits per heavy atom. The second-order valence-electron chi connectivity index (χ2n) is 7.40. The molecule has 0 aliphatic carbocycles. The van der Waals surface area contributed by atoms with E-state index < -0.39 is 0 Å². The predicted octanol–water partition coefficient (Wildman–Crippen LogP) is 1.41. The summed E-state index contributed by atoms with van der Waals surface area (Å²) in [6.45, 7) is 3.85. The summed E-state index contributed by atoms with van der Waals surface area (Å²) in [6.07, 6.45) is 4.02. The van der Waals surface area contributed by atoms with Crippen LogP contribution in [0.15, 0.2) is 17.5 Å². The van der Waals surface area contributed by atoms with Crippen molar-refractivity contribution in [1.29, 1.82) is 0 Å². The van der Waals surface area contributed by atoms with Crippen molar-refractivity contribution in [3.05, 3.63) is 22.4 Å². The molecular weight excluding hydrogens is 350 g/mol. The van der Waals surface area contributed by atoms with Crippen molar-refractivity contribution >= 4 is 23.2 Å². The molecule has 7 heteroatoms. The second-order valence-corrected chi connectivity index (χ2v) is 8.43. The molecule has 0 saturated carbocycles. The predicted molar refractivity (Wildman–Crippen MR) is 102 cm³/mol. The summed E-state index contributed by atoms with van der Waals surface area (Å²) in [6, 6.07) is 3.60. The number of likely N-dealkylation sites (tertiary alicyclic amines) is 1. The van der Waals surface area contributed by atoms with E-state index in [1.54, 1.807) is 23.3 Å². The molecule has 2 aliphatic rings. The largest absolute Gasteiger partial charge is 0.384 e. The Morgan fingerprint density at radius 3 is 2.92 bits per heavy atom. The number of nitrogens with zero attached hydrogens (tertiary/aromatic N) is 1. The molecule has 0 spiro atoms. The Kier molecular flexibility index (Phi) is 6.67. The fourth-order valence-corrected chi connectivity index (χ4v) is 4.73. The van der Waals surface area contributed by atoms with Gasteiger partial charge in [0, 0.05) is 30.5 Å². The smallest absolute Gasteiger partial charge is 0.242 e. The molecule has 0 radical (unpaired) electrons. The minimum Gasteiger partial charge on any atom is -0.384 e. The highest BCUT2D eigenvalue weighted by Gasteiger charge is 2.37. The van der Waals surface area contributed by atoms with E-state index >= 15 is 0 Å². The van der Waals surface area contributed by atoms with Crippen LogP contribution in [0.4, 0.5) is 0 Å². The molecule has 1 unspecified atom stereocenters. The van der Waals surface area contributed by atoms with E-state index in [-0.39, 0.29) is 23.3 Å². The zero-order chi connectivity index (χ0) is 18.4. The Morgan fingerprint density at radius 1 is 1.42 bits per heavy atom. The van der Waals surface area contributed by atoms with Gasteiger partial charge >= 0.3 is 0 Å². The first-order chi connectivity index (χ1) is 12.6. The molecule has 0 bridgehead atoms. The van der Waals surface area contributed by atoms with Gasteiger partial charge in [-0.3, -0.25) is 9.59 Å². The number of hydrogen-bond donors (Lipinski definition) is 2. The standard InChI is InChI=1S/C19H29N3O3S/c1-25-14-19(6-8-20-9-7-19)13-21-18(24)16-5-2-10-22(16)17(23)12-15-4-3-11-26-15/h3-4,11,16,20H,2,5-10,12-14H2,1H3,(H,21,24). The lowest BCUT2D eigenvalue weighted by atomic mass is 9.79. The highest BCUT2D eigenvalue weighted by Crippen LogP contribution is 2.28. The van der Waals surface area contributed by atoms with E-state index in [4.69, 9.17) is 4.74 Å². The van der Waals surface area contributed by atoms with Gasteiger partial charge in [0.25, 0.3) is 0 Å². The van der Waals surface area contributed by atoms with Crippen molar-refractivity contribution in [3.63, 3.8) is 0 Å². The van der Waals surface area contributed by atoms with E-state index in [0.717, 1.165) is 43.6 Å². The van der Waals surface area contributed by atoms with Crippen LogP contribution in [0.1, 0.15) is 30.6 Å². The molecule has 2 saturated heterocycles. The number of methoxy groups -OCH3 is 1. The zero-order valence-electron chi connectivity index (χ0n) is 15.5. The number of carbonyl (C=O) groups is 2. The van der Waals surface area contributed by atoms with Gasteiger partial charge in [0.15, 0.2) is 0 Å². The summed E-state index contributed by atoms with van der Waals surface area (Å²) in [7, 11) is 1.72. The van der Waals surface area contributed by atoms with Gasteiger partial charge in [-0.25, -0.2) is 0 Å². The van der Waals surface area contributed by atoms with Crippen LogP contribution in [-0.4, -0.2) is 62.7 Å². The van der Waals surface area contributed by atoms with E-state index in [9.17, 15) is 9.59 Å². The van der Waals surface area contributed by atoms with Gasteiger partial charge < -0.3 is 20.3 Å². The van der Waals surface area contributed by atoms with Crippen LogP contribution in [-0.2, 0) is 20.7 Å². The number of nitrogens with one attached hydrogen (secondary N) is 2. The summed E-state index contributed by atoms with van der Waals surface area (Å²) in [4.78, 5) is 28.2. The number of thiophene rings is 1. The van der Waals surface area contributed by atoms with Gasteiger partial charge in [-0.05, 0) is 50.2 Å². The summed E-state index contributed by atoms with van der Waals surface area (Å²) in [5.74, 6) is 0.0367. The third-order valence-electron chi connectivity index (χ3n) is 5.53. The van der Waals surface area contributed by atoms with E-state index in [1.165, 1.54) is 0 Å². The van der Waals surface area contributed by atoms with Gasteiger partial charge in [0.1, 0.15) is 6.04 Å². The highest BCUT2D eigenvalue weighted by molar-refractivity contribution is 7.10. The van der Waals surface area contributed by atoms with E-state index in [2.05, 4.69) is 10.6 Å². The van der Waals surface area contributed by atoms with Crippen LogP contribution >= 0.6 is 11.3 Å². The van der Waals surface area contributed by atoms with Crippen molar-refractivity contribution < 1.29 is 14.3 Å². The quantitative estimate of drug-likeness (QED) is 0.752. The molecule has 1 aromatic heterocycles. The van der Waals surface area contributed by atoms with Crippen LogP contribution < -0.4 is 10.6 Å². The molecule has 2 aliphatic heterocycles. The highest BCUT2D eigenvalue weighted by atomic mass is 32.1. The fourth-order valence-electron chi connectivity index (χ4n) is 4.03. The first-order valence-corrected chi connectivity index (χ1v) is 10.3. The first-order valence-electron chi connectivity index (χ1n) is 9.43. The maximum Gasteiger partial charge on any atom is 0.242 e. The number of hydrogen-bond acceptors (Lipinski definition) is 5. The summed E-state index contributed by atoms with van der Waals surface area (Å²) in [5, 5.41) is 8.47. The van der Waals surface area contributed by atoms with Gasteiger partial charge in [0.2, 0.25) is 11.8 Å². The van der Waals surface area contributed by atoms with Crippen LogP contribution in [0.25, 0.3) is 0 Å². The molecule has 2 amide bonds. The molecule has 26 heavy (non-hydrogen) atoms. The minimum absolute atomic E-state index is 0.0000712. The summed E-state index contributed by atoms with van der Waals surface area (Å²) < 4.78 is 5.42. The average molecular weight is 380 g/mol. The fraction of sp³-hybridized carbons (Fsp3) is 0.684. The molecule has 144 valence electrons. The second kappa shape index (κ2) is 8.97. The molecular formula is C19H29N3O3S. The van der Waals surface area contributed by atoms with Crippen LogP contribution in [0.3, 0.4) is 0 Å². The van der Waals surface area contributed by atoms with Crippen molar-refractivity contribution in [2.24, 2.45) is 5.41 Å². The van der Waals surface area contributed by atoms with Gasteiger partial charge in [-0.2, -0.15) is 0 Å². The molecule has 6 nitrogen and oxygen atoms in total. The van der Waals surface area contributed by atoms with E-state index in [0.29, 0.717) is 26.1 Å². The molecule has 2 fully saturated rings. The molecule has 2 N–H and O–H groups in total. The average Bonchev–Trinajstić information content (AvgIpc) is 3.32. The maximum absolute atomic E-state index is 12.8. The van der Waals surface area contributed by atoms with E-state index in [1.807, 2.05) is 17.5 Å². The molecule has 3 rings (SSSR count). The lowest BCUT2D eigenvalue weighted by molar-refractivity contribution is -0.138. The van der Waals surface area contributed by atoms with Gasteiger partial charge in [-0.15, -0.1) is 11.3 Å². The Balaban J connectivity index is 1.56. The van der Waals surface area contributed by atoms with Crippen LogP contribution in [0.5, 0.6) is 0 Å². The molecule has 3 heterocycles. The molecule has 0 aromatic carbocycles. The van der Waals surface area contributed by atoms with Crippen molar-refractivity contribution in [3.8, 4) is 0 Å². The maximum atomic E-state index is 12.8. The lowest BCUT2D eigenvalue weighted by Gasteiger charge is -2.37. The zero-order valence-corrected chi connectivity index (χ0v) is 16.3. The SMILES string of the molecule is COCC1(CNC(=O)C2CCCN2C(=O)Cc2cccs2)CCNCC1. The van der Waals surface area contributed by atoms with Crippen molar-refractivity contribution in [1.82, 2.24) is 15.5 Å². The Bertz CT molecular complexity index is 594. The number of piperidine rings is 1. The van der Waals surface area contributed by atoms with Gasteiger partial charge in [0.05, 0.1) is 13.0 Å². The van der Waals surface area contributed by atoms with Crippen molar-refractivity contribution in [2.45, 2.75) is 38.1 Å². The summed E-state index contributed by atoms with van der Waals surface area (Å²) in [5.41, 5.74) is 0.0000712. The number of carbonyl (C=O) groups excluding carboxylic acids is 2. The monoisotopic (exact) mass is 379 g/mol. The van der Waals surface area contributed by atoms with Crippen molar-refractivity contribution in [2.75, 3.05) is 39.9 Å². The number of ether oxygens (including phenoxy) is 1. The lowest BCUT2D eigenvalue weighted by Crippen LogP contribution is -2.51. The number of rotatable bonds is 7. The Labute approximate surface area is 159 Å². The third kappa shape index (κ3) is 4.64. The molecule has 1 aromatic rings. The Hall–Kier alpha value is -1.44. The van der Waals surface area contributed by atoms with Crippen LogP contribution in [0, 0.1) is 5.41 Å². The minimum atomic E-state index is -0.330. The summed E-state index contributed by atoms with van der Waals surface area (Å²) >= 11 is 1.59. The third-order valence-corrected chi connectivity index (χ3v) is 6.41. The first kappa shape index (κ1) is 19.3. The van der Waals surface area contributed by atoms with Crippen LogP contribution in [0.2, 0.25) is 0 Å². The topological polar surface area (TPSA) is 70.7 Å².